The van der Waals surface area contributed by atoms with Gasteiger partial charge in [-0.05, 0) is 50.1 Å². The van der Waals surface area contributed by atoms with Crippen LogP contribution < -0.4 is 0 Å². The van der Waals surface area contributed by atoms with Gasteiger partial charge in [-0.25, -0.2) is 9.59 Å². The van der Waals surface area contributed by atoms with Crippen molar-refractivity contribution in [2.45, 2.75) is 26.9 Å². The SMILES string of the molecule is COC(=O)c1c(C)[nH]c(C(=O)[C@H](C)OC(=O)/C=C/c2cccc(Cl)c2)c1C. The quantitative estimate of drug-likeness (QED) is 0.460. The molecule has 2 aromatic rings. The standard InChI is InChI=1S/C20H20ClNO5/c1-11-17(20(25)26-4)12(2)22-18(11)19(24)13(3)27-16(23)9-8-14-6-5-7-15(21)10-14/h5-10,13,22H,1-4H3/b9-8+/t13-/m0/s1. The molecule has 0 amide bonds. The second-order valence-electron chi connectivity index (χ2n) is 5.95. The number of H-pyrrole nitrogens is 1. The Hall–Kier alpha value is -2.86. The highest BCUT2D eigenvalue weighted by Gasteiger charge is 2.26. The molecule has 0 bridgehead atoms. The van der Waals surface area contributed by atoms with Crippen molar-refractivity contribution in [3.05, 3.63) is 63.4 Å². The van der Waals surface area contributed by atoms with Gasteiger partial charge in [0.05, 0.1) is 18.4 Å². The molecule has 0 saturated carbocycles. The fourth-order valence-corrected chi connectivity index (χ4v) is 2.85. The first-order valence-corrected chi connectivity index (χ1v) is 8.58. The van der Waals surface area contributed by atoms with Crippen LogP contribution in [0, 0.1) is 13.8 Å². The fourth-order valence-electron chi connectivity index (χ4n) is 2.65. The van der Waals surface area contributed by atoms with Gasteiger partial charge in [-0.3, -0.25) is 4.79 Å². The van der Waals surface area contributed by atoms with Crippen LogP contribution in [-0.2, 0) is 14.3 Å². The number of nitrogens with one attached hydrogen (secondary N) is 1. The van der Waals surface area contributed by atoms with Crippen molar-refractivity contribution in [1.29, 1.82) is 0 Å². The lowest BCUT2D eigenvalue weighted by atomic mass is 10.1. The molecule has 0 fully saturated rings. The molecule has 7 heteroatoms. The number of hydrogen-bond acceptors (Lipinski definition) is 5. The van der Waals surface area contributed by atoms with Crippen molar-refractivity contribution in [3.8, 4) is 0 Å². The molecule has 1 atom stereocenters. The molecule has 0 radical (unpaired) electrons. The average Bonchev–Trinajstić information content (AvgIpc) is 2.93. The van der Waals surface area contributed by atoms with Crippen molar-refractivity contribution in [2.75, 3.05) is 7.11 Å². The fraction of sp³-hybridized carbons (Fsp3) is 0.250. The second-order valence-corrected chi connectivity index (χ2v) is 6.38. The number of esters is 2. The molecular formula is C20H20ClNO5. The summed E-state index contributed by atoms with van der Waals surface area (Å²) in [6, 6.07) is 6.96. The van der Waals surface area contributed by atoms with Gasteiger partial charge in [0.15, 0.2) is 6.10 Å². The minimum Gasteiger partial charge on any atom is -0.465 e. The summed E-state index contributed by atoms with van der Waals surface area (Å²) in [6.07, 6.45) is 1.75. The number of ketones is 1. The number of halogens is 1. The number of hydrogen-bond donors (Lipinski definition) is 1. The Balaban J connectivity index is 2.09. The minimum atomic E-state index is -1.02. The van der Waals surface area contributed by atoms with Crippen molar-refractivity contribution in [1.82, 2.24) is 4.98 Å². The number of ether oxygens (including phenoxy) is 2. The predicted molar refractivity (Wildman–Crippen MR) is 102 cm³/mol. The summed E-state index contributed by atoms with van der Waals surface area (Å²) < 4.78 is 9.89. The van der Waals surface area contributed by atoms with E-state index in [2.05, 4.69) is 4.98 Å². The van der Waals surface area contributed by atoms with E-state index >= 15 is 0 Å². The van der Waals surface area contributed by atoms with E-state index in [1.807, 2.05) is 0 Å². The Labute approximate surface area is 162 Å². The molecule has 1 N–H and O–H groups in total. The number of carbonyl (C=O) groups is 3. The van der Waals surface area contributed by atoms with E-state index in [0.717, 1.165) is 5.56 Å². The number of carbonyl (C=O) groups excluding carboxylic acids is 3. The van der Waals surface area contributed by atoms with Gasteiger partial charge >= 0.3 is 11.9 Å². The largest absolute Gasteiger partial charge is 0.465 e. The molecule has 0 unspecified atom stereocenters. The molecule has 0 aliphatic carbocycles. The average molecular weight is 390 g/mol. The number of aromatic nitrogens is 1. The first-order valence-electron chi connectivity index (χ1n) is 8.20. The number of methoxy groups -OCH3 is 1. The minimum absolute atomic E-state index is 0.215. The zero-order chi connectivity index (χ0) is 20.1. The Morgan fingerprint density at radius 1 is 1.22 bits per heavy atom. The molecule has 1 aromatic carbocycles. The third-order valence-corrected chi connectivity index (χ3v) is 4.23. The highest BCUT2D eigenvalue weighted by molar-refractivity contribution is 6.30. The highest BCUT2D eigenvalue weighted by atomic mass is 35.5. The Kier molecular flexibility index (Phi) is 6.58. The maximum absolute atomic E-state index is 12.6. The molecule has 0 saturated heterocycles. The van der Waals surface area contributed by atoms with Gasteiger partial charge in [-0.15, -0.1) is 0 Å². The van der Waals surface area contributed by atoms with Crippen LogP contribution in [0.5, 0.6) is 0 Å². The van der Waals surface area contributed by atoms with Crippen LogP contribution in [0.1, 0.15) is 44.6 Å². The van der Waals surface area contributed by atoms with Crippen LogP contribution in [-0.4, -0.2) is 35.9 Å². The summed E-state index contributed by atoms with van der Waals surface area (Å²) in [5.74, 6) is -1.63. The molecule has 0 aliphatic heterocycles. The van der Waals surface area contributed by atoms with Crippen molar-refractivity contribution in [2.24, 2.45) is 0 Å². The van der Waals surface area contributed by atoms with Crippen LogP contribution in [0.2, 0.25) is 5.02 Å². The van der Waals surface area contributed by atoms with Crippen LogP contribution >= 0.6 is 11.6 Å². The summed E-state index contributed by atoms with van der Waals surface area (Å²) >= 11 is 5.89. The molecule has 0 aliphatic rings. The van der Waals surface area contributed by atoms with E-state index in [0.29, 0.717) is 21.8 Å². The van der Waals surface area contributed by atoms with Gasteiger partial charge in [0.2, 0.25) is 5.78 Å². The highest BCUT2D eigenvalue weighted by Crippen LogP contribution is 2.21. The van der Waals surface area contributed by atoms with Crippen LogP contribution in [0.3, 0.4) is 0 Å². The normalized spacial score (nSPS) is 12.0. The van der Waals surface area contributed by atoms with Crippen molar-refractivity contribution < 1.29 is 23.9 Å². The Morgan fingerprint density at radius 3 is 2.56 bits per heavy atom. The number of benzene rings is 1. The van der Waals surface area contributed by atoms with Crippen LogP contribution in [0.15, 0.2) is 30.3 Å². The van der Waals surface area contributed by atoms with Crippen molar-refractivity contribution >= 4 is 35.4 Å². The topological polar surface area (TPSA) is 85.5 Å². The molecule has 6 nitrogen and oxygen atoms in total. The van der Waals surface area contributed by atoms with Crippen LogP contribution in [0.25, 0.3) is 6.08 Å². The van der Waals surface area contributed by atoms with Gasteiger partial charge in [0.25, 0.3) is 0 Å². The number of aryl methyl sites for hydroxylation is 1. The second kappa shape index (κ2) is 8.68. The molecule has 1 aromatic heterocycles. The van der Waals surface area contributed by atoms with E-state index < -0.39 is 23.8 Å². The van der Waals surface area contributed by atoms with E-state index in [9.17, 15) is 14.4 Å². The lowest BCUT2D eigenvalue weighted by Gasteiger charge is -2.10. The molecular weight excluding hydrogens is 370 g/mol. The smallest absolute Gasteiger partial charge is 0.339 e. The lowest BCUT2D eigenvalue weighted by Crippen LogP contribution is -2.24. The number of aromatic amines is 1. The first kappa shape index (κ1) is 20.5. The maximum Gasteiger partial charge on any atom is 0.339 e. The first-order chi connectivity index (χ1) is 12.7. The molecule has 1 heterocycles. The van der Waals surface area contributed by atoms with Gasteiger partial charge in [-0.1, -0.05) is 23.7 Å². The van der Waals surface area contributed by atoms with E-state index in [-0.39, 0.29) is 5.69 Å². The molecule has 0 spiro atoms. The van der Waals surface area contributed by atoms with E-state index in [1.54, 1.807) is 44.2 Å². The Morgan fingerprint density at radius 2 is 1.93 bits per heavy atom. The zero-order valence-corrected chi connectivity index (χ0v) is 16.2. The van der Waals surface area contributed by atoms with E-state index in [4.69, 9.17) is 21.1 Å². The lowest BCUT2D eigenvalue weighted by molar-refractivity contribution is -0.140. The summed E-state index contributed by atoms with van der Waals surface area (Å²) in [5.41, 5.74) is 2.23. The molecule has 142 valence electrons. The third-order valence-electron chi connectivity index (χ3n) is 4.00. The molecule has 2 rings (SSSR count). The Bertz CT molecular complexity index is 913. The van der Waals surface area contributed by atoms with E-state index in [1.165, 1.54) is 20.1 Å². The molecule has 27 heavy (non-hydrogen) atoms. The third kappa shape index (κ3) is 4.86. The number of rotatable bonds is 6. The maximum atomic E-state index is 12.6. The van der Waals surface area contributed by atoms with Gasteiger partial charge in [0, 0.05) is 16.8 Å². The summed E-state index contributed by atoms with van der Waals surface area (Å²) in [4.78, 5) is 39.3. The summed E-state index contributed by atoms with van der Waals surface area (Å²) in [7, 11) is 1.27. The van der Waals surface area contributed by atoms with Gasteiger partial charge in [0.1, 0.15) is 0 Å². The summed E-state index contributed by atoms with van der Waals surface area (Å²) in [5, 5.41) is 0.549. The van der Waals surface area contributed by atoms with Gasteiger partial charge in [-0.2, -0.15) is 0 Å². The zero-order valence-electron chi connectivity index (χ0n) is 15.5. The summed E-state index contributed by atoms with van der Waals surface area (Å²) in [6.45, 7) is 4.78. The predicted octanol–water partition coefficient (Wildman–Crippen LogP) is 3.90. The van der Waals surface area contributed by atoms with Crippen molar-refractivity contribution in [3.63, 3.8) is 0 Å². The van der Waals surface area contributed by atoms with Gasteiger partial charge < -0.3 is 14.5 Å². The monoisotopic (exact) mass is 389 g/mol. The number of Topliss-reactive ketones (excluding diaryl/α,β-unsaturated/α-hetero) is 1. The van der Waals surface area contributed by atoms with Crippen LogP contribution in [0.4, 0.5) is 0 Å².